The molecule has 2 N–H and O–H groups in total. The number of aliphatic imine (C=N–C) groups is 2. The van der Waals surface area contributed by atoms with E-state index in [0.29, 0.717) is 18.2 Å². The maximum absolute atomic E-state index is 6.99. The average Bonchev–Trinajstić information content (AvgIpc) is 3.75. The highest BCUT2D eigenvalue weighted by atomic mass is 32.1. The highest BCUT2D eigenvalue weighted by Crippen LogP contribution is 2.42. The fourth-order valence-corrected chi connectivity index (χ4v) is 7.88. The number of hydrogen-bond donors (Lipinski definition) is 1. The van der Waals surface area contributed by atoms with Gasteiger partial charge >= 0.3 is 0 Å². The van der Waals surface area contributed by atoms with Crippen molar-refractivity contribution >= 4 is 65.1 Å². The van der Waals surface area contributed by atoms with E-state index in [0.717, 1.165) is 65.6 Å². The second kappa shape index (κ2) is 12.6. The Morgan fingerprint density at radius 2 is 1.26 bits per heavy atom. The molecular weight excluding hydrogens is 631 g/mol. The molecule has 0 saturated heterocycles. The molecule has 4 nitrogen and oxygen atoms in total. The number of nitrogens with zero attached hydrogens (tertiary/aromatic N) is 2. The summed E-state index contributed by atoms with van der Waals surface area (Å²) in [4.78, 5) is 10.1. The fraction of sp³-hybridized carbons (Fsp3) is 0.0222. The Kier molecular flexibility index (Phi) is 7.52. The molecule has 0 unspecified atom stereocenters. The predicted molar refractivity (Wildman–Crippen MR) is 211 cm³/mol. The SMILES string of the molecule is NC(=NC(=NCc1ccccc1)c1cccc(-c2ccccc2)c1)c1cc(-c2ccc3oc4ccccc4c3c2)c2c(c1)sc1ccccc12. The van der Waals surface area contributed by atoms with Crippen LogP contribution in [0.5, 0.6) is 0 Å². The summed E-state index contributed by atoms with van der Waals surface area (Å²) in [6, 6.07) is 56.5. The molecule has 5 heteroatoms. The Labute approximate surface area is 293 Å². The zero-order valence-corrected chi connectivity index (χ0v) is 27.9. The Morgan fingerprint density at radius 3 is 2.12 bits per heavy atom. The van der Waals surface area contributed by atoms with Crippen molar-refractivity contribution in [2.24, 2.45) is 15.7 Å². The number of rotatable bonds is 6. The third kappa shape index (κ3) is 5.54. The highest BCUT2D eigenvalue weighted by molar-refractivity contribution is 7.26. The number of furan rings is 1. The molecule has 9 rings (SSSR count). The van der Waals surface area contributed by atoms with Gasteiger partial charge in [0.1, 0.15) is 17.0 Å². The lowest BCUT2D eigenvalue weighted by Gasteiger charge is -2.11. The van der Waals surface area contributed by atoms with Crippen molar-refractivity contribution in [1.29, 1.82) is 0 Å². The van der Waals surface area contributed by atoms with Crippen molar-refractivity contribution < 1.29 is 4.42 Å². The van der Waals surface area contributed by atoms with Gasteiger partial charge in [0.05, 0.1) is 6.54 Å². The van der Waals surface area contributed by atoms with Gasteiger partial charge in [0.25, 0.3) is 0 Å². The Hall–Kier alpha value is -6.30. The van der Waals surface area contributed by atoms with Gasteiger partial charge < -0.3 is 10.2 Å². The van der Waals surface area contributed by atoms with Crippen molar-refractivity contribution in [3.63, 3.8) is 0 Å². The van der Waals surface area contributed by atoms with Gasteiger partial charge in [-0.15, -0.1) is 11.3 Å². The molecule has 50 heavy (non-hydrogen) atoms. The summed E-state index contributed by atoms with van der Waals surface area (Å²) in [6.45, 7) is 0.488. The van der Waals surface area contributed by atoms with Crippen molar-refractivity contribution in [2.75, 3.05) is 0 Å². The van der Waals surface area contributed by atoms with Gasteiger partial charge in [-0.05, 0) is 70.3 Å². The Bertz CT molecular complexity index is 2740. The van der Waals surface area contributed by atoms with Crippen LogP contribution in [0.15, 0.2) is 178 Å². The van der Waals surface area contributed by atoms with Crippen molar-refractivity contribution in [1.82, 2.24) is 0 Å². The van der Waals surface area contributed by atoms with Crippen LogP contribution in [-0.4, -0.2) is 11.7 Å². The van der Waals surface area contributed by atoms with Crippen LogP contribution >= 0.6 is 11.3 Å². The lowest BCUT2D eigenvalue weighted by atomic mass is 9.95. The van der Waals surface area contributed by atoms with Gasteiger partial charge in [-0.1, -0.05) is 121 Å². The summed E-state index contributed by atoms with van der Waals surface area (Å²) in [7, 11) is 0. The van der Waals surface area contributed by atoms with Crippen molar-refractivity contribution in [3.05, 3.63) is 180 Å². The zero-order valence-electron chi connectivity index (χ0n) is 27.1. The molecule has 2 heterocycles. The molecule has 0 saturated carbocycles. The molecule has 0 spiro atoms. The predicted octanol–water partition coefficient (Wildman–Crippen LogP) is 11.6. The minimum absolute atomic E-state index is 0.414. The van der Waals surface area contributed by atoms with Crippen molar-refractivity contribution in [3.8, 4) is 22.3 Å². The quantitative estimate of drug-likeness (QED) is 0.142. The lowest BCUT2D eigenvalue weighted by molar-refractivity contribution is 0.669. The van der Waals surface area contributed by atoms with E-state index >= 15 is 0 Å². The monoisotopic (exact) mass is 661 g/mol. The first-order chi connectivity index (χ1) is 24.7. The first-order valence-electron chi connectivity index (χ1n) is 16.6. The van der Waals surface area contributed by atoms with Crippen LogP contribution in [-0.2, 0) is 6.54 Å². The van der Waals surface area contributed by atoms with Crippen LogP contribution in [0.25, 0.3) is 64.4 Å². The largest absolute Gasteiger partial charge is 0.456 e. The minimum atomic E-state index is 0.414. The van der Waals surface area contributed by atoms with E-state index in [4.69, 9.17) is 20.1 Å². The number of benzene rings is 7. The van der Waals surface area contributed by atoms with E-state index in [9.17, 15) is 0 Å². The van der Waals surface area contributed by atoms with Crippen LogP contribution in [0.2, 0.25) is 0 Å². The summed E-state index contributed by atoms with van der Waals surface area (Å²) in [5, 5.41) is 4.63. The topological polar surface area (TPSA) is 63.9 Å². The molecular formula is C45H31N3OS. The second-order valence-electron chi connectivity index (χ2n) is 12.4. The van der Waals surface area contributed by atoms with E-state index in [-0.39, 0.29) is 0 Å². The number of para-hydroxylation sites is 1. The summed E-state index contributed by atoms with van der Waals surface area (Å²) >= 11 is 1.77. The molecule has 0 amide bonds. The maximum Gasteiger partial charge on any atom is 0.157 e. The molecule has 0 atom stereocenters. The number of thiophene rings is 1. The molecule has 0 aliphatic carbocycles. The molecule has 238 valence electrons. The standard InChI is InChI=1S/C45H31N3OS/c46-44(48-45(47-28-29-12-3-1-4-13-29)33-17-11-16-31(24-33)30-14-5-2-6-15-30)34-26-37(43-36-19-8-10-21-41(36)50-42(43)27-34)32-22-23-40-38(25-32)35-18-7-9-20-39(35)49-40/h1-27H,28H2,(H2,46,47,48). The summed E-state index contributed by atoms with van der Waals surface area (Å²) < 4.78 is 8.56. The number of nitrogens with two attached hydrogens (primary N) is 1. The number of fused-ring (bicyclic) bond motifs is 6. The molecule has 0 radical (unpaired) electrons. The maximum atomic E-state index is 6.99. The van der Waals surface area contributed by atoms with Gasteiger partial charge in [-0.3, -0.25) is 4.99 Å². The van der Waals surface area contributed by atoms with Gasteiger partial charge in [0.15, 0.2) is 5.84 Å². The molecule has 7 aromatic carbocycles. The molecule has 2 aromatic heterocycles. The Morgan fingerprint density at radius 1 is 0.540 bits per heavy atom. The molecule has 0 aliphatic heterocycles. The van der Waals surface area contributed by atoms with E-state index in [2.05, 4.69) is 127 Å². The van der Waals surface area contributed by atoms with E-state index in [1.54, 1.807) is 11.3 Å². The smallest absolute Gasteiger partial charge is 0.157 e. The van der Waals surface area contributed by atoms with E-state index in [1.165, 1.54) is 15.5 Å². The van der Waals surface area contributed by atoms with Crippen LogP contribution in [0.4, 0.5) is 0 Å². The lowest BCUT2D eigenvalue weighted by Crippen LogP contribution is -2.16. The summed E-state index contributed by atoms with van der Waals surface area (Å²) in [6.07, 6.45) is 0. The van der Waals surface area contributed by atoms with Crippen LogP contribution in [0, 0.1) is 0 Å². The first kappa shape index (κ1) is 29.8. The molecule has 9 aromatic rings. The number of amidine groups is 2. The fourth-order valence-electron chi connectivity index (χ4n) is 6.71. The summed E-state index contributed by atoms with van der Waals surface area (Å²) in [5.41, 5.74) is 16.0. The second-order valence-corrected chi connectivity index (χ2v) is 13.5. The van der Waals surface area contributed by atoms with Gasteiger partial charge in [-0.25, -0.2) is 4.99 Å². The van der Waals surface area contributed by atoms with E-state index in [1.807, 2.05) is 36.4 Å². The van der Waals surface area contributed by atoms with Gasteiger partial charge in [0, 0.05) is 42.1 Å². The normalized spacial score (nSPS) is 12.4. The van der Waals surface area contributed by atoms with Crippen molar-refractivity contribution in [2.45, 2.75) is 6.54 Å². The average molecular weight is 662 g/mol. The van der Waals surface area contributed by atoms with Crippen LogP contribution in [0.1, 0.15) is 16.7 Å². The third-order valence-corrected chi connectivity index (χ3v) is 10.3. The Balaban J connectivity index is 1.21. The first-order valence-corrected chi connectivity index (χ1v) is 17.5. The van der Waals surface area contributed by atoms with Gasteiger partial charge in [0.2, 0.25) is 0 Å². The van der Waals surface area contributed by atoms with Crippen LogP contribution in [0.3, 0.4) is 0 Å². The molecule has 0 aliphatic rings. The number of hydrogen-bond acceptors (Lipinski definition) is 3. The van der Waals surface area contributed by atoms with E-state index < -0.39 is 0 Å². The van der Waals surface area contributed by atoms with Crippen LogP contribution < -0.4 is 5.73 Å². The zero-order chi connectivity index (χ0) is 33.4. The highest BCUT2D eigenvalue weighted by Gasteiger charge is 2.17. The minimum Gasteiger partial charge on any atom is -0.456 e. The third-order valence-electron chi connectivity index (χ3n) is 9.17. The molecule has 0 fully saturated rings. The molecule has 0 bridgehead atoms. The van der Waals surface area contributed by atoms with Gasteiger partial charge in [-0.2, -0.15) is 0 Å². The summed E-state index contributed by atoms with van der Waals surface area (Å²) in [5.74, 6) is 1.01.